The zero-order valence-corrected chi connectivity index (χ0v) is 12.9. The van der Waals surface area contributed by atoms with Gasteiger partial charge in [0, 0.05) is 38.6 Å². The number of aryl methyl sites for hydroxylation is 1. The molecule has 4 nitrogen and oxygen atoms in total. The molecule has 0 saturated heterocycles. The number of rotatable bonds is 8. The minimum absolute atomic E-state index is 0.785. The fraction of sp³-hybridized carbons (Fsp3) is 0.353. The Morgan fingerprint density at radius 3 is 2.81 bits per heavy atom. The molecule has 2 rings (SSSR count). The number of imidazole rings is 1. The summed E-state index contributed by atoms with van der Waals surface area (Å²) >= 11 is 0. The number of nitrogens with zero attached hydrogens (tertiary/aromatic N) is 3. The highest BCUT2D eigenvalue weighted by molar-refractivity contribution is 5.44. The average molecular weight is 284 g/mol. The van der Waals surface area contributed by atoms with Crippen molar-refractivity contribution in [3.63, 3.8) is 0 Å². The molecule has 0 unspecified atom stereocenters. The molecule has 0 radical (unpaired) electrons. The second kappa shape index (κ2) is 7.53. The van der Waals surface area contributed by atoms with Gasteiger partial charge in [0.2, 0.25) is 5.95 Å². The minimum Gasteiger partial charge on any atom is -0.375 e. The van der Waals surface area contributed by atoms with Crippen LogP contribution in [-0.4, -0.2) is 29.7 Å². The van der Waals surface area contributed by atoms with E-state index in [1.807, 2.05) is 25.3 Å². The van der Waals surface area contributed by atoms with Gasteiger partial charge in [-0.15, -0.1) is 6.58 Å². The summed E-state index contributed by atoms with van der Waals surface area (Å²) in [6.07, 6.45) is 4.99. The first-order valence-corrected chi connectivity index (χ1v) is 7.35. The zero-order chi connectivity index (χ0) is 15.1. The fourth-order valence-corrected chi connectivity index (χ4v) is 2.29. The van der Waals surface area contributed by atoms with Crippen LogP contribution < -0.4 is 10.2 Å². The maximum atomic E-state index is 4.49. The lowest BCUT2D eigenvalue weighted by molar-refractivity contribution is 0.783. The summed E-state index contributed by atoms with van der Waals surface area (Å²) in [5.41, 5.74) is 2.28. The van der Waals surface area contributed by atoms with E-state index in [0.29, 0.717) is 0 Å². The third kappa shape index (κ3) is 4.38. The van der Waals surface area contributed by atoms with E-state index in [2.05, 4.69) is 57.7 Å². The first-order chi connectivity index (χ1) is 10.2. The quantitative estimate of drug-likeness (QED) is 0.596. The number of aromatic nitrogens is 2. The normalized spacial score (nSPS) is 10.4. The third-order valence-corrected chi connectivity index (χ3v) is 3.37. The predicted molar refractivity (Wildman–Crippen MR) is 90.0 cm³/mol. The molecule has 4 heteroatoms. The second-order valence-electron chi connectivity index (χ2n) is 5.18. The number of para-hydroxylation sites is 1. The predicted octanol–water partition coefficient (Wildman–Crippen LogP) is 3.32. The second-order valence-corrected chi connectivity index (χ2v) is 5.18. The monoisotopic (exact) mass is 284 g/mol. The lowest BCUT2D eigenvalue weighted by Crippen LogP contribution is -2.21. The summed E-state index contributed by atoms with van der Waals surface area (Å²) in [5.74, 6) is 0.926. The Labute approximate surface area is 127 Å². The van der Waals surface area contributed by atoms with Crippen LogP contribution in [0.1, 0.15) is 12.1 Å². The largest absolute Gasteiger partial charge is 0.375 e. The molecule has 2 aromatic rings. The summed E-state index contributed by atoms with van der Waals surface area (Å²) in [6, 6.07) is 10.4. The highest BCUT2D eigenvalue weighted by atomic mass is 15.2. The van der Waals surface area contributed by atoms with Crippen molar-refractivity contribution < 1.29 is 0 Å². The van der Waals surface area contributed by atoms with E-state index in [-0.39, 0.29) is 0 Å². The molecule has 112 valence electrons. The molecular weight excluding hydrogens is 260 g/mol. The summed E-state index contributed by atoms with van der Waals surface area (Å²) in [6.45, 7) is 8.49. The van der Waals surface area contributed by atoms with Crippen molar-refractivity contribution in [1.82, 2.24) is 9.55 Å². The first-order valence-electron chi connectivity index (χ1n) is 7.35. The molecule has 0 spiro atoms. The van der Waals surface area contributed by atoms with Gasteiger partial charge in [0.05, 0.1) is 5.69 Å². The molecule has 21 heavy (non-hydrogen) atoms. The van der Waals surface area contributed by atoms with Crippen molar-refractivity contribution in [3.05, 3.63) is 54.9 Å². The van der Waals surface area contributed by atoms with E-state index in [1.54, 1.807) is 0 Å². The highest BCUT2D eigenvalue weighted by Gasteiger charge is 2.04. The number of anilines is 2. The van der Waals surface area contributed by atoms with Gasteiger partial charge in [-0.3, -0.25) is 0 Å². The molecule has 0 atom stereocenters. The van der Waals surface area contributed by atoms with Gasteiger partial charge >= 0.3 is 0 Å². The molecule has 0 bridgehead atoms. The van der Waals surface area contributed by atoms with Crippen LogP contribution >= 0.6 is 0 Å². The standard InChI is InChI=1S/C17H24N4/c1-4-12-21-14-15(2)19-17(21)18-11-8-13-20(3)16-9-6-5-7-10-16/h4-7,9-10,14H,1,8,11-13H2,2-3H3,(H,18,19). The Bertz CT molecular complexity index is 559. The molecule has 0 aliphatic carbocycles. The van der Waals surface area contributed by atoms with E-state index in [0.717, 1.165) is 37.7 Å². The molecule has 1 aromatic carbocycles. The van der Waals surface area contributed by atoms with Crippen molar-refractivity contribution in [2.75, 3.05) is 30.4 Å². The lowest BCUT2D eigenvalue weighted by Gasteiger charge is -2.19. The number of benzene rings is 1. The van der Waals surface area contributed by atoms with Crippen molar-refractivity contribution in [2.45, 2.75) is 19.9 Å². The van der Waals surface area contributed by atoms with Crippen LogP contribution in [0, 0.1) is 6.92 Å². The number of hydrogen-bond donors (Lipinski definition) is 1. The third-order valence-electron chi connectivity index (χ3n) is 3.37. The highest BCUT2D eigenvalue weighted by Crippen LogP contribution is 2.12. The number of nitrogens with one attached hydrogen (secondary N) is 1. The maximum absolute atomic E-state index is 4.49. The fourth-order valence-electron chi connectivity index (χ4n) is 2.29. The zero-order valence-electron chi connectivity index (χ0n) is 12.9. The summed E-state index contributed by atoms with van der Waals surface area (Å²) in [5, 5.41) is 3.40. The van der Waals surface area contributed by atoms with E-state index in [9.17, 15) is 0 Å². The van der Waals surface area contributed by atoms with Crippen LogP contribution in [0.3, 0.4) is 0 Å². The molecule has 1 heterocycles. The summed E-state index contributed by atoms with van der Waals surface area (Å²) < 4.78 is 2.09. The van der Waals surface area contributed by atoms with Crippen molar-refractivity contribution in [2.24, 2.45) is 0 Å². The van der Waals surface area contributed by atoms with Gasteiger partial charge in [-0.1, -0.05) is 24.3 Å². The van der Waals surface area contributed by atoms with Gasteiger partial charge in [-0.2, -0.15) is 0 Å². The van der Waals surface area contributed by atoms with E-state index in [4.69, 9.17) is 0 Å². The van der Waals surface area contributed by atoms with Crippen LogP contribution in [0.25, 0.3) is 0 Å². The van der Waals surface area contributed by atoms with Crippen LogP contribution in [0.5, 0.6) is 0 Å². The lowest BCUT2D eigenvalue weighted by atomic mass is 10.3. The van der Waals surface area contributed by atoms with Gasteiger partial charge in [0.15, 0.2) is 0 Å². The van der Waals surface area contributed by atoms with Gasteiger partial charge in [-0.05, 0) is 25.5 Å². The smallest absolute Gasteiger partial charge is 0.203 e. The molecule has 0 aliphatic rings. The molecule has 1 N–H and O–H groups in total. The molecule has 0 aliphatic heterocycles. The van der Waals surface area contributed by atoms with E-state index >= 15 is 0 Å². The average Bonchev–Trinajstić information content (AvgIpc) is 2.84. The van der Waals surface area contributed by atoms with Crippen LogP contribution in [0.15, 0.2) is 49.2 Å². The summed E-state index contributed by atoms with van der Waals surface area (Å²) in [4.78, 5) is 6.76. The molecular formula is C17H24N4. The van der Waals surface area contributed by atoms with Gasteiger partial charge in [-0.25, -0.2) is 4.98 Å². The van der Waals surface area contributed by atoms with Gasteiger partial charge in [0.1, 0.15) is 0 Å². The Kier molecular flexibility index (Phi) is 5.43. The Morgan fingerprint density at radius 1 is 1.33 bits per heavy atom. The minimum atomic E-state index is 0.785. The maximum Gasteiger partial charge on any atom is 0.203 e. The van der Waals surface area contributed by atoms with Gasteiger partial charge in [0.25, 0.3) is 0 Å². The van der Waals surface area contributed by atoms with Crippen LogP contribution in [-0.2, 0) is 6.54 Å². The molecule has 1 aromatic heterocycles. The number of allylic oxidation sites excluding steroid dienone is 1. The van der Waals surface area contributed by atoms with Crippen molar-refractivity contribution in [3.8, 4) is 0 Å². The Morgan fingerprint density at radius 2 is 2.10 bits per heavy atom. The SMILES string of the molecule is C=CCn1cc(C)nc1NCCCN(C)c1ccccc1. The van der Waals surface area contributed by atoms with Crippen LogP contribution in [0.2, 0.25) is 0 Å². The molecule has 0 fully saturated rings. The summed E-state index contributed by atoms with van der Waals surface area (Å²) in [7, 11) is 2.12. The van der Waals surface area contributed by atoms with E-state index < -0.39 is 0 Å². The Hall–Kier alpha value is -2.23. The molecule has 0 amide bonds. The topological polar surface area (TPSA) is 33.1 Å². The molecule has 0 saturated carbocycles. The number of hydrogen-bond acceptors (Lipinski definition) is 3. The first kappa shape index (κ1) is 15.2. The van der Waals surface area contributed by atoms with Crippen LogP contribution in [0.4, 0.5) is 11.6 Å². The van der Waals surface area contributed by atoms with Gasteiger partial charge < -0.3 is 14.8 Å². The van der Waals surface area contributed by atoms with E-state index in [1.165, 1.54) is 5.69 Å². The van der Waals surface area contributed by atoms with Crippen molar-refractivity contribution >= 4 is 11.6 Å². The Balaban J connectivity index is 1.78. The van der Waals surface area contributed by atoms with Crippen molar-refractivity contribution in [1.29, 1.82) is 0 Å².